The minimum Gasteiger partial charge on any atom is -0.369 e. The molecule has 0 saturated carbocycles. The third kappa shape index (κ3) is 3.43. The number of aromatic nitrogens is 1. The lowest BCUT2D eigenvalue weighted by Gasteiger charge is -2.22. The van der Waals surface area contributed by atoms with Crippen LogP contribution in [0.1, 0.15) is 27.7 Å². The van der Waals surface area contributed by atoms with Crippen LogP contribution in [0.5, 0.6) is 0 Å². The number of nitrogens with one attached hydrogen (secondary N) is 3. The molecule has 1 aromatic carbocycles. The number of amides is 2. The second-order valence-corrected chi connectivity index (χ2v) is 8.45. The van der Waals surface area contributed by atoms with Crippen molar-refractivity contribution in [1.29, 1.82) is 0 Å². The number of carbonyl (C=O) groups excluding carboxylic acids is 2. The molecule has 0 aliphatic heterocycles. The fourth-order valence-electron chi connectivity index (χ4n) is 3.48. The standard InChI is InChI=1S/C18H16Cl2N4O2S/c19-14-16-12(27-17(14)20)6-11(23-16)18(26)24-10-5-8-3-1-2-4-9(8)15(10)22-7-13(21)25/h1-4,6,10,15,22-23H,5,7H2,(H2,21,25)(H,24,26)/t10-,15-/m1/s1. The molecule has 1 aliphatic carbocycles. The average molecular weight is 423 g/mol. The van der Waals surface area contributed by atoms with Gasteiger partial charge in [-0.25, -0.2) is 0 Å². The van der Waals surface area contributed by atoms with E-state index in [9.17, 15) is 9.59 Å². The number of thiophene rings is 1. The van der Waals surface area contributed by atoms with Crippen LogP contribution in [0.15, 0.2) is 30.3 Å². The highest BCUT2D eigenvalue weighted by Gasteiger charge is 2.33. The van der Waals surface area contributed by atoms with E-state index >= 15 is 0 Å². The molecule has 2 atom stereocenters. The number of aromatic amines is 1. The van der Waals surface area contributed by atoms with E-state index < -0.39 is 5.91 Å². The van der Waals surface area contributed by atoms with Gasteiger partial charge in [0.25, 0.3) is 5.91 Å². The van der Waals surface area contributed by atoms with Crippen molar-refractivity contribution in [2.45, 2.75) is 18.5 Å². The van der Waals surface area contributed by atoms with Crippen molar-refractivity contribution in [1.82, 2.24) is 15.6 Å². The molecule has 0 spiro atoms. The predicted molar refractivity (Wildman–Crippen MR) is 108 cm³/mol. The molecule has 2 aromatic heterocycles. The van der Waals surface area contributed by atoms with Gasteiger partial charge in [0, 0.05) is 0 Å². The van der Waals surface area contributed by atoms with Gasteiger partial charge in [-0.3, -0.25) is 14.9 Å². The zero-order chi connectivity index (χ0) is 19.1. The second kappa shape index (κ2) is 7.16. The van der Waals surface area contributed by atoms with Crippen molar-refractivity contribution in [2.75, 3.05) is 6.54 Å². The summed E-state index contributed by atoms with van der Waals surface area (Å²) in [7, 11) is 0. The van der Waals surface area contributed by atoms with Crippen molar-refractivity contribution in [3.63, 3.8) is 0 Å². The Hall–Kier alpha value is -2.06. The lowest BCUT2D eigenvalue weighted by Crippen LogP contribution is -2.44. The lowest BCUT2D eigenvalue weighted by atomic mass is 10.1. The molecule has 9 heteroatoms. The molecule has 0 unspecified atom stereocenters. The van der Waals surface area contributed by atoms with Crippen LogP contribution in [0.25, 0.3) is 10.2 Å². The SMILES string of the molecule is NC(=O)CN[C@@H]1c2ccccc2C[C@H]1NC(=O)c1cc2sc(Cl)c(Cl)c2[nH]1. The molecule has 140 valence electrons. The number of carbonyl (C=O) groups is 2. The van der Waals surface area contributed by atoms with E-state index in [-0.39, 0.29) is 24.5 Å². The lowest BCUT2D eigenvalue weighted by molar-refractivity contribution is -0.117. The smallest absolute Gasteiger partial charge is 0.268 e. The number of H-pyrrole nitrogens is 1. The first-order valence-corrected chi connectivity index (χ1v) is 9.88. The summed E-state index contributed by atoms with van der Waals surface area (Å²) in [4.78, 5) is 27.0. The number of primary amides is 1. The Morgan fingerprint density at radius 3 is 2.81 bits per heavy atom. The number of rotatable bonds is 5. The van der Waals surface area contributed by atoms with Crippen LogP contribution < -0.4 is 16.4 Å². The van der Waals surface area contributed by atoms with Crippen LogP contribution in [0, 0.1) is 0 Å². The van der Waals surface area contributed by atoms with E-state index in [1.807, 2.05) is 24.3 Å². The maximum atomic E-state index is 12.8. The van der Waals surface area contributed by atoms with Crippen molar-refractivity contribution in [3.05, 3.63) is 56.5 Å². The van der Waals surface area contributed by atoms with Gasteiger partial charge in [0.2, 0.25) is 5.91 Å². The van der Waals surface area contributed by atoms with Gasteiger partial charge in [-0.2, -0.15) is 0 Å². The largest absolute Gasteiger partial charge is 0.369 e. The summed E-state index contributed by atoms with van der Waals surface area (Å²) in [6.07, 6.45) is 0.667. The Balaban J connectivity index is 1.56. The van der Waals surface area contributed by atoms with Crippen LogP contribution in [0.4, 0.5) is 0 Å². The maximum Gasteiger partial charge on any atom is 0.268 e. The Kier molecular flexibility index (Phi) is 4.86. The normalized spacial score (nSPS) is 18.6. The summed E-state index contributed by atoms with van der Waals surface area (Å²) < 4.78 is 1.32. The van der Waals surface area contributed by atoms with Gasteiger partial charge in [-0.05, 0) is 23.6 Å². The third-order valence-electron chi connectivity index (χ3n) is 4.66. The first-order valence-electron chi connectivity index (χ1n) is 8.31. The number of benzene rings is 1. The van der Waals surface area contributed by atoms with Gasteiger partial charge in [0.15, 0.2) is 0 Å². The highest BCUT2D eigenvalue weighted by Crippen LogP contribution is 2.39. The molecule has 0 fully saturated rings. The molecule has 5 N–H and O–H groups in total. The van der Waals surface area contributed by atoms with Crippen molar-refractivity contribution in [3.8, 4) is 0 Å². The molecule has 0 bridgehead atoms. The zero-order valence-corrected chi connectivity index (χ0v) is 16.3. The number of hydrogen-bond donors (Lipinski definition) is 4. The molecular formula is C18H16Cl2N4O2S. The quantitative estimate of drug-likeness (QED) is 0.508. The van der Waals surface area contributed by atoms with E-state index in [0.717, 1.165) is 15.8 Å². The minimum absolute atomic E-state index is 0.0394. The molecule has 2 heterocycles. The molecule has 0 radical (unpaired) electrons. The first kappa shape index (κ1) is 18.3. The molecular weight excluding hydrogens is 407 g/mol. The van der Waals surface area contributed by atoms with Crippen molar-refractivity contribution < 1.29 is 9.59 Å². The van der Waals surface area contributed by atoms with E-state index in [4.69, 9.17) is 28.9 Å². The van der Waals surface area contributed by atoms with Crippen LogP contribution in [0.2, 0.25) is 9.36 Å². The Bertz CT molecular complexity index is 1050. The van der Waals surface area contributed by atoms with Gasteiger partial charge >= 0.3 is 0 Å². The topological polar surface area (TPSA) is 100 Å². The molecule has 4 rings (SSSR count). The van der Waals surface area contributed by atoms with Gasteiger partial charge in [-0.1, -0.05) is 47.5 Å². The van der Waals surface area contributed by atoms with Gasteiger partial charge < -0.3 is 16.0 Å². The average Bonchev–Trinajstić information content (AvgIpc) is 3.27. The van der Waals surface area contributed by atoms with Crippen molar-refractivity contribution in [2.24, 2.45) is 5.73 Å². The van der Waals surface area contributed by atoms with Crippen LogP contribution in [-0.4, -0.2) is 29.4 Å². The summed E-state index contributed by atoms with van der Waals surface area (Å²) in [5.74, 6) is -0.685. The third-order valence-corrected chi connectivity index (χ3v) is 6.60. The fraction of sp³-hybridized carbons (Fsp3) is 0.222. The summed E-state index contributed by atoms with van der Waals surface area (Å²) >= 11 is 13.5. The summed E-state index contributed by atoms with van der Waals surface area (Å²) in [5, 5.41) is 6.61. The molecule has 27 heavy (non-hydrogen) atoms. The van der Waals surface area contributed by atoms with E-state index in [1.54, 1.807) is 6.07 Å². The van der Waals surface area contributed by atoms with E-state index in [2.05, 4.69) is 15.6 Å². The fourth-order valence-corrected chi connectivity index (χ4v) is 4.96. The van der Waals surface area contributed by atoms with Crippen LogP contribution in [0.3, 0.4) is 0 Å². The predicted octanol–water partition coefficient (Wildman–Crippen LogP) is 3.01. The molecule has 0 saturated heterocycles. The number of hydrogen-bond acceptors (Lipinski definition) is 4. The van der Waals surface area contributed by atoms with E-state index in [1.165, 1.54) is 11.3 Å². The molecule has 6 nitrogen and oxygen atoms in total. The summed E-state index contributed by atoms with van der Waals surface area (Å²) in [6, 6.07) is 9.26. The Labute approximate surface area is 169 Å². The van der Waals surface area contributed by atoms with Gasteiger partial charge in [-0.15, -0.1) is 11.3 Å². The minimum atomic E-state index is -0.444. The molecule has 1 aliphatic rings. The summed E-state index contributed by atoms with van der Waals surface area (Å²) in [6.45, 7) is 0.0394. The highest BCUT2D eigenvalue weighted by molar-refractivity contribution is 7.23. The number of halogens is 2. The maximum absolute atomic E-state index is 12.8. The highest BCUT2D eigenvalue weighted by atomic mass is 35.5. The molecule has 3 aromatic rings. The number of fused-ring (bicyclic) bond motifs is 2. The van der Waals surface area contributed by atoms with Crippen molar-refractivity contribution >= 4 is 56.6 Å². The second-order valence-electron chi connectivity index (χ2n) is 6.42. The van der Waals surface area contributed by atoms with Crippen LogP contribution in [-0.2, 0) is 11.2 Å². The zero-order valence-electron chi connectivity index (χ0n) is 14.0. The van der Waals surface area contributed by atoms with Gasteiger partial charge in [0.1, 0.15) is 10.0 Å². The van der Waals surface area contributed by atoms with Gasteiger partial charge in [0.05, 0.1) is 33.9 Å². The monoisotopic (exact) mass is 422 g/mol. The van der Waals surface area contributed by atoms with Crippen LogP contribution >= 0.6 is 34.5 Å². The number of nitrogens with two attached hydrogens (primary N) is 1. The Morgan fingerprint density at radius 2 is 2.07 bits per heavy atom. The summed E-state index contributed by atoms with van der Waals surface area (Å²) in [5.41, 5.74) is 8.54. The Morgan fingerprint density at radius 1 is 1.30 bits per heavy atom. The first-order chi connectivity index (χ1) is 12.9. The van der Waals surface area contributed by atoms with E-state index in [0.29, 0.717) is 27.0 Å². The molecule has 2 amide bonds.